The molecule has 0 saturated carbocycles. The zero-order chi connectivity index (χ0) is 22.1. The monoisotopic (exact) mass is 448 g/mol. The van der Waals surface area contributed by atoms with Crippen LogP contribution in [0.1, 0.15) is 76.3 Å². The summed E-state index contributed by atoms with van der Waals surface area (Å²) in [7, 11) is 0. The highest BCUT2D eigenvalue weighted by atomic mass is 32.1. The van der Waals surface area contributed by atoms with Gasteiger partial charge in [0.15, 0.2) is 5.76 Å². The number of hydrogen-bond donors (Lipinski definition) is 1. The summed E-state index contributed by atoms with van der Waals surface area (Å²) in [5, 5.41) is 4.24. The van der Waals surface area contributed by atoms with Crippen LogP contribution in [0.3, 0.4) is 0 Å². The van der Waals surface area contributed by atoms with Crippen LogP contribution in [-0.2, 0) is 12.8 Å². The van der Waals surface area contributed by atoms with Crippen molar-refractivity contribution in [2.24, 2.45) is 5.92 Å². The lowest BCUT2D eigenvalue weighted by Crippen LogP contribution is -2.37. The summed E-state index contributed by atoms with van der Waals surface area (Å²) in [4.78, 5) is 17.0. The van der Waals surface area contributed by atoms with Crippen LogP contribution in [-0.4, -0.2) is 23.9 Å². The molecule has 0 radical (unpaired) electrons. The largest absolute Gasteiger partial charge is 0.459 e. The van der Waals surface area contributed by atoms with E-state index >= 15 is 0 Å². The molecule has 3 heterocycles. The van der Waals surface area contributed by atoms with Crippen LogP contribution in [0, 0.1) is 12.8 Å². The number of furan rings is 1. The lowest BCUT2D eigenvalue weighted by Gasteiger charge is -2.38. The molecule has 0 unspecified atom stereocenters. The molecule has 2 aliphatic rings. The Labute approximate surface area is 194 Å². The Morgan fingerprint density at radius 3 is 2.59 bits per heavy atom. The van der Waals surface area contributed by atoms with Crippen molar-refractivity contribution in [1.29, 1.82) is 0 Å². The summed E-state index contributed by atoms with van der Waals surface area (Å²) in [5.74, 6) is 0.977. The molecule has 32 heavy (non-hydrogen) atoms. The molecule has 1 aliphatic heterocycles. The molecule has 168 valence electrons. The van der Waals surface area contributed by atoms with Crippen LogP contribution in [0.15, 0.2) is 47.1 Å². The number of thiophene rings is 1. The number of fused-ring (bicyclic) bond motifs is 1. The minimum atomic E-state index is -0.162. The lowest BCUT2D eigenvalue weighted by molar-refractivity contribution is 0.0996. The second-order valence-electron chi connectivity index (χ2n) is 9.42. The number of anilines is 1. The molecule has 1 amide bonds. The average molecular weight is 449 g/mol. The maximum Gasteiger partial charge on any atom is 0.291 e. The van der Waals surface area contributed by atoms with E-state index in [1.807, 2.05) is 0 Å². The molecule has 1 N–H and O–H groups in total. The number of amides is 1. The lowest BCUT2D eigenvalue weighted by atomic mass is 9.87. The van der Waals surface area contributed by atoms with Crippen molar-refractivity contribution in [3.05, 3.63) is 75.6 Å². The molecule has 1 fully saturated rings. The molecule has 0 spiro atoms. The van der Waals surface area contributed by atoms with Crippen molar-refractivity contribution >= 4 is 22.2 Å². The molecule has 1 aromatic carbocycles. The third-order valence-electron chi connectivity index (χ3n) is 7.03. The van der Waals surface area contributed by atoms with Crippen LogP contribution >= 0.6 is 11.3 Å². The topological polar surface area (TPSA) is 45.5 Å². The van der Waals surface area contributed by atoms with E-state index in [4.69, 9.17) is 4.42 Å². The molecular weight excluding hydrogens is 416 g/mol. The Morgan fingerprint density at radius 1 is 1.12 bits per heavy atom. The maximum absolute atomic E-state index is 13.0. The van der Waals surface area contributed by atoms with Gasteiger partial charge in [-0.25, -0.2) is 0 Å². The summed E-state index contributed by atoms with van der Waals surface area (Å²) in [5.41, 5.74) is 5.39. The molecule has 5 heteroatoms. The molecule has 0 bridgehead atoms. The van der Waals surface area contributed by atoms with Crippen molar-refractivity contribution in [2.45, 2.75) is 58.4 Å². The first-order chi connectivity index (χ1) is 15.6. The molecular formula is C27H32N2O2S. The fourth-order valence-corrected chi connectivity index (χ4v) is 6.46. The number of aryl methyl sites for hydroxylation is 2. The minimum Gasteiger partial charge on any atom is -0.459 e. The molecule has 2 aromatic heterocycles. The predicted octanol–water partition coefficient (Wildman–Crippen LogP) is 6.60. The van der Waals surface area contributed by atoms with Gasteiger partial charge in [-0.05, 0) is 87.7 Å². The maximum atomic E-state index is 13.0. The Morgan fingerprint density at radius 2 is 1.88 bits per heavy atom. The van der Waals surface area contributed by atoms with Gasteiger partial charge in [-0.1, -0.05) is 36.8 Å². The van der Waals surface area contributed by atoms with Gasteiger partial charge >= 0.3 is 0 Å². The third kappa shape index (κ3) is 4.28. The Kier molecular flexibility index (Phi) is 6.20. The third-order valence-corrected chi connectivity index (χ3v) is 8.26. The highest BCUT2D eigenvalue weighted by molar-refractivity contribution is 7.16. The number of carbonyl (C=O) groups excluding carboxylic acids is 1. The summed E-state index contributed by atoms with van der Waals surface area (Å²) < 4.78 is 5.38. The minimum absolute atomic E-state index is 0.162. The van der Waals surface area contributed by atoms with Crippen molar-refractivity contribution in [1.82, 2.24) is 4.90 Å². The molecule has 4 nitrogen and oxygen atoms in total. The van der Waals surface area contributed by atoms with Gasteiger partial charge in [-0.2, -0.15) is 0 Å². The first kappa shape index (κ1) is 21.5. The van der Waals surface area contributed by atoms with Gasteiger partial charge in [0.25, 0.3) is 5.91 Å². The second-order valence-corrected chi connectivity index (χ2v) is 10.5. The van der Waals surface area contributed by atoms with Gasteiger partial charge in [0.2, 0.25) is 0 Å². The zero-order valence-corrected chi connectivity index (χ0v) is 19.8. The number of hydrogen-bond acceptors (Lipinski definition) is 4. The van der Waals surface area contributed by atoms with E-state index in [0.717, 1.165) is 36.9 Å². The molecule has 1 aliphatic carbocycles. The first-order valence-electron chi connectivity index (χ1n) is 11.9. The van der Waals surface area contributed by atoms with E-state index < -0.39 is 0 Å². The van der Waals surface area contributed by atoms with Crippen LogP contribution < -0.4 is 5.32 Å². The quantitative estimate of drug-likeness (QED) is 0.478. The van der Waals surface area contributed by atoms with Crippen LogP contribution in [0.5, 0.6) is 0 Å². The number of likely N-dealkylation sites (tertiary alicyclic amines) is 1. The molecule has 3 aromatic rings. The fourth-order valence-electron chi connectivity index (χ4n) is 5.14. The van der Waals surface area contributed by atoms with Crippen LogP contribution in [0.2, 0.25) is 0 Å². The van der Waals surface area contributed by atoms with Gasteiger partial charge < -0.3 is 9.73 Å². The van der Waals surface area contributed by atoms with E-state index in [-0.39, 0.29) is 11.9 Å². The van der Waals surface area contributed by atoms with Gasteiger partial charge in [0.05, 0.1) is 12.3 Å². The number of piperidine rings is 1. The normalized spacial score (nSPS) is 18.3. The van der Waals surface area contributed by atoms with Gasteiger partial charge in [-0.3, -0.25) is 9.69 Å². The van der Waals surface area contributed by atoms with Crippen molar-refractivity contribution in [3.8, 4) is 0 Å². The Hall–Kier alpha value is -2.37. The smallest absolute Gasteiger partial charge is 0.291 e. The standard InChI is InChI=1S/C27H32N2O2S/c1-18-9-11-20(12-10-18)25(29-15-13-19(2)14-16-29)24-21-6-3-4-8-23(21)32-27(24)28-26(30)22-7-5-17-31-22/h5,7,9-12,17,19,25H,3-4,6,8,13-16H2,1-2H3,(H,28,30)/t25-/m1/s1. The number of benzene rings is 1. The van der Waals surface area contributed by atoms with E-state index in [9.17, 15) is 4.79 Å². The zero-order valence-electron chi connectivity index (χ0n) is 19.0. The van der Waals surface area contributed by atoms with E-state index in [2.05, 4.69) is 48.3 Å². The Bertz CT molecular complexity index is 1060. The first-order valence-corrected chi connectivity index (χ1v) is 12.7. The summed E-state index contributed by atoms with van der Waals surface area (Å²) in [6.07, 6.45) is 8.67. The highest BCUT2D eigenvalue weighted by Crippen LogP contribution is 2.46. The summed E-state index contributed by atoms with van der Waals surface area (Å²) in [6.45, 7) is 6.69. The second kappa shape index (κ2) is 9.24. The van der Waals surface area contributed by atoms with Crippen molar-refractivity contribution < 1.29 is 9.21 Å². The van der Waals surface area contributed by atoms with Gasteiger partial charge in [-0.15, -0.1) is 11.3 Å². The van der Waals surface area contributed by atoms with E-state index in [1.165, 1.54) is 52.8 Å². The highest BCUT2D eigenvalue weighted by Gasteiger charge is 2.33. The van der Waals surface area contributed by atoms with Crippen molar-refractivity contribution in [2.75, 3.05) is 18.4 Å². The van der Waals surface area contributed by atoms with Gasteiger partial charge in [0, 0.05) is 10.4 Å². The molecule has 5 rings (SSSR count). The SMILES string of the molecule is Cc1ccc([C@H](c2c(NC(=O)c3ccco3)sc3c2CCCC3)N2CCC(C)CC2)cc1. The molecule has 1 saturated heterocycles. The summed E-state index contributed by atoms with van der Waals surface area (Å²) >= 11 is 1.78. The van der Waals surface area contributed by atoms with Gasteiger partial charge in [0.1, 0.15) is 5.00 Å². The van der Waals surface area contributed by atoms with E-state index in [1.54, 1.807) is 29.7 Å². The number of nitrogens with zero attached hydrogens (tertiary/aromatic N) is 1. The number of carbonyl (C=O) groups is 1. The van der Waals surface area contributed by atoms with Crippen molar-refractivity contribution in [3.63, 3.8) is 0 Å². The number of nitrogens with one attached hydrogen (secondary N) is 1. The number of rotatable bonds is 5. The average Bonchev–Trinajstić information content (AvgIpc) is 3.45. The predicted molar refractivity (Wildman–Crippen MR) is 131 cm³/mol. The Balaban J connectivity index is 1.59. The molecule has 1 atom stereocenters. The van der Waals surface area contributed by atoms with E-state index in [0.29, 0.717) is 5.76 Å². The van der Waals surface area contributed by atoms with Crippen LogP contribution in [0.4, 0.5) is 5.00 Å². The fraction of sp³-hybridized carbons (Fsp3) is 0.444. The van der Waals surface area contributed by atoms with Crippen LogP contribution in [0.25, 0.3) is 0 Å². The summed E-state index contributed by atoms with van der Waals surface area (Å²) in [6, 6.07) is 12.7.